The molecule has 0 bridgehead atoms. The van der Waals surface area contributed by atoms with Crippen LogP contribution in [0.2, 0.25) is 5.02 Å². The maximum Gasteiger partial charge on any atom is 0.266 e. The molecule has 0 saturated carbocycles. The first-order valence-corrected chi connectivity index (χ1v) is 10.4. The summed E-state index contributed by atoms with van der Waals surface area (Å²) in [5, 5.41) is 3.50. The van der Waals surface area contributed by atoms with Crippen molar-refractivity contribution in [2.75, 3.05) is 0 Å². The van der Waals surface area contributed by atoms with Gasteiger partial charge in [-0.05, 0) is 59.2 Å². The highest BCUT2D eigenvalue weighted by Crippen LogP contribution is 2.25. The van der Waals surface area contributed by atoms with Crippen LogP contribution >= 0.6 is 11.6 Å². The summed E-state index contributed by atoms with van der Waals surface area (Å²) in [6.07, 6.45) is 3.91. The minimum atomic E-state index is -0.117. The predicted octanol–water partition coefficient (Wildman–Crippen LogP) is 6.67. The number of aromatic nitrogens is 2. The topological polar surface area (TPSA) is 34.9 Å². The van der Waals surface area contributed by atoms with E-state index >= 15 is 0 Å². The summed E-state index contributed by atoms with van der Waals surface area (Å²) < 4.78 is 1.64. The average Bonchev–Trinajstić information content (AvgIpc) is 2.80. The third-order valence-electron chi connectivity index (χ3n) is 5.52. The highest BCUT2D eigenvalue weighted by atomic mass is 35.5. The van der Waals surface area contributed by atoms with E-state index in [0.29, 0.717) is 21.7 Å². The van der Waals surface area contributed by atoms with E-state index in [4.69, 9.17) is 16.6 Å². The Bertz CT molecular complexity index is 1530. The van der Waals surface area contributed by atoms with Crippen molar-refractivity contribution >= 4 is 45.4 Å². The lowest BCUT2D eigenvalue weighted by Crippen LogP contribution is -2.23. The Hall–Kier alpha value is -3.69. The molecular formula is C27H19ClN2O. The van der Waals surface area contributed by atoms with Crippen LogP contribution < -0.4 is 5.56 Å². The van der Waals surface area contributed by atoms with Crippen molar-refractivity contribution in [2.45, 2.75) is 6.92 Å². The van der Waals surface area contributed by atoms with Gasteiger partial charge in [-0.3, -0.25) is 9.36 Å². The fourth-order valence-corrected chi connectivity index (χ4v) is 4.06. The van der Waals surface area contributed by atoms with E-state index < -0.39 is 0 Å². The Morgan fingerprint density at radius 2 is 1.52 bits per heavy atom. The van der Waals surface area contributed by atoms with E-state index in [9.17, 15) is 4.79 Å². The van der Waals surface area contributed by atoms with Crippen molar-refractivity contribution in [2.24, 2.45) is 0 Å². The summed E-state index contributed by atoms with van der Waals surface area (Å²) in [6.45, 7) is 1.91. The monoisotopic (exact) mass is 422 g/mol. The molecule has 0 spiro atoms. The summed E-state index contributed by atoms with van der Waals surface area (Å²) in [6, 6.07) is 27.4. The molecular weight excluding hydrogens is 404 g/mol. The van der Waals surface area contributed by atoms with Gasteiger partial charge in [0.1, 0.15) is 5.82 Å². The molecule has 5 rings (SSSR count). The molecule has 150 valence electrons. The fraction of sp³-hybridized carbons (Fsp3) is 0.0370. The Kier molecular flexibility index (Phi) is 4.89. The standard InChI is InChI=1S/C27H19ClN2O/c1-18-23(28)13-7-15-25(18)30-26(29-24-14-5-4-12-22(24)27(30)31)17-16-20-10-6-9-19-8-2-3-11-21(19)20/h2-17H,1H3. The molecule has 0 N–H and O–H groups in total. The van der Waals surface area contributed by atoms with Crippen LogP contribution in [-0.4, -0.2) is 9.55 Å². The van der Waals surface area contributed by atoms with Crippen LogP contribution in [0.5, 0.6) is 0 Å². The second kappa shape index (κ2) is 7.86. The maximum absolute atomic E-state index is 13.5. The van der Waals surface area contributed by atoms with Gasteiger partial charge in [0.2, 0.25) is 0 Å². The Morgan fingerprint density at radius 3 is 2.39 bits per heavy atom. The number of nitrogens with zero attached hydrogens (tertiary/aromatic N) is 2. The Balaban J connectivity index is 1.77. The van der Waals surface area contributed by atoms with Crippen LogP contribution in [0.3, 0.4) is 0 Å². The van der Waals surface area contributed by atoms with Gasteiger partial charge in [0.25, 0.3) is 5.56 Å². The van der Waals surface area contributed by atoms with Crippen LogP contribution in [0.1, 0.15) is 17.0 Å². The van der Waals surface area contributed by atoms with Gasteiger partial charge in [0, 0.05) is 5.02 Å². The quantitative estimate of drug-likeness (QED) is 0.325. The van der Waals surface area contributed by atoms with Gasteiger partial charge < -0.3 is 0 Å². The third kappa shape index (κ3) is 3.43. The lowest BCUT2D eigenvalue weighted by Gasteiger charge is -2.14. The number of hydrogen-bond donors (Lipinski definition) is 0. The lowest BCUT2D eigenvalue weighted by molar-refractivity contribution is 0.934. The smallest absolute Gasteiger partial charge is 0.266 e. The van der Waals surface area contributed by atoms with Gasteiger partial charge in [-0.1, -0.05) is 78.3 Å². The average molecular weight is 423 g/mol. The largest absolute Gasteiger partial charge is 0.268 e. The first kappa shape index (κ1) is 19.3. The molecule has 0 unspecified atom stereocenters. The summed E-state index contributed by atoms with van der Waals surface area (Å²) in [5.74, 6) is 0.557. The number of rotatable bonds is 3. The molecule has 0 aliphatic heterocycles. The molecule has 0 radical (unpaired) electrons. The number of benzene rings is 4. The fourth-order valence-electron chi connectivity index (χ4n) is 3.89. The van der Waals surface area contributed by atoms with Crippen LogP contribution in [0.15, 0.2) is 89.7 Å². The van der Waals surface area contributed by atoms with Crippen molar-refractivity contribution in [1.29, 1.82) is 0 Å². The number of fused-ring (bicyclic) bond motifs is 2. The van der Waals surface area contributed by atoms with E-state index in [-0.39, 0.29) is 5.56 Å². The van der Waals surface area contributed by atoms with Gasteiger partial charge >= 0.3 is 0 Å². The van der Waals surface area contributed by atoms with E-state index in [1.807, 2.05) is 73.7 Å². The van der Waals surface area contributed by atoms with Crippen LogP contribution in [0.4, 0.5) is 0 Å². The minimum absolute atomic E-state index is 0.117. The van der Waals surface area contributed by atoms with E-state index in [2.05, 4.69) is 24.3 Å². The summed E-state index contributed by atoms with van der Waals surface area (Å²) in [7, 11) is 0. The second-order valence-corrected chi connectivity index (χ2v) is 7.82. The zero-order valence-electron chi connectivity index (χ0n) is 16.9. The van der Waals surface area contributed by atoms with Crippen molar-refractivity contribution in [1.82, 2.24) is 9.55 Å². The molecule has 1 aromatic heterocycles. The van der Waals surface area contributed by atoms with Crippen molar-refractivity contribution in [3.8, 4) is 5.69 Å². The van der Waals surface area contributed by atoms with Crippen LogP contribution in [0.25, 0.3) is 39.5 Å². The van der Waals surface area contributed by atoms with E-state index in [1.54, 1.807) is 10.6 Å². The summed E-state index contributed by atoms with van der Waals surface area (Å²) in [4.78, 5) is 18.3. The van der Waals surface area contributed by atoms with Gasteiger partial charge in [0.05, 0.1) is 16.6 Å². The van der Waals surface area contributed by atoms with Crippen molar-refractivity contribution < 1.29 is 0 Å². The Labute approximate surface area is 184 Å². The summed E-state index contributed by atoms with van der Waals surface area (Å²) in [5.41, 5.74) is 3.18. The highest BCUT2D eigenvalue weighted by molar-refractivity contribution is 6.31. The molecule has 0 aliphatic rings. The normalized spacial score (nSPS) is 11.5. The molecule has 4 heteroatoms. The minimum Gasteiger partial charge on any atom is -0.268 e. The third-order valence-corrected chi connectivity index (χ3v) is 5.93. The molecule has 0 aliphatic carbocycles. The first-order chi connectivity index (χ1) is 15.1. The first-order valence-electron chi connectivity index (χ1n) is 10.1. The molecule has 31 heavy (non-hydrogen) atoms. The summed E-state index contributed by atoms with van der Waals surface area (Å²) >= 11 is 6.37. The Morgan fingerprint density at radius 1 is 0.806 bits per heavy atom. The maximum atomic E-state index is 13.5. The van der Waals surface area contributed by atoms with Crippen molar-refractivity contribution in [3.05, 3.63) is 117 Å². The number of para-hydroxylation sites is 1. The molecule has 4 aromatic carbocycles. The predicted molar refractivity (Wildman–Crippen MR) is 130 cm³/mol. The molecule has 0 fully saturated rings. The van der Waals surface area contributed by atoms with Crippen molar-refractivity contribution in [3.63, 3.8) is 0 Å². The SMILES string of the molecule is Cc1c(Cl)cccc1-n1c(C=Cc2cccc3ccccc23)nc2ccccc2c1=O. The van der Waals surface area contributed by atoms with Gasteiger partial charge in [0.15, 0.2) is 0 Å². The van der Waals surface area contributed by atoms with E-state index in [0.717, 1.165) is 22.2 Å². The number of halogens is 1. The second-order valence-electron chi connectivity index (χ2n) is 7.41. The van der Waals surface area contributed by atoms with Crippen LogP contribution in [0, 0.1) is 6.92 Å². The highest BCUT2D eigenvalue weighted by Gasteiger charge is 2.14. The molecule has 1 heterocycles. The molecule has 0 saturated heterocycles. The molecule has 0 atom stereocenters. The van der Waals surface area contributed by atoms with E-state index in [1.165, 1.54) is 5.39 Å². The van der Waals surface area contributed by atoms with Gasteiger partial charge in [-0.2, -0.15) is 0 Å². The molecule has 0 amide bonds. The lowest BCUT2D eigenvalue weighted by atomic mass is 10.0. The number of hydrogen-bond acceptors (Lipinski definition) is 2. The molecule has 3 nitrogen and oxygen atoms in total. The van der Waals surface area contributed by atoms with Crippen LogP contribution in [-0.2, 0) is 0 Å². The van der Waals surface area contributed by atoms with Gasteiger partial charge in [-0.25, -0.2) is 4.98 Å². The zero-order chi connectivity index (χ0) is 21.4. The zero-order valence-corrected chi connectivity index (χ0v) is 17.7. The van der Waals surface area contributed by atoms with Gasteiger partial charge in [-0.15, -0.1) is 0 Å². The molecule has 5 aromatic rings.